The molecule has 2 aromatic heterocycles. The number of nitrogens with one attached hydrogen (secondary N) is 1. The quantitative estimate of drug-likeness (QED) is 0.777. The van der Waals surface area contributed by atoms with Gasteiger partial charge < -0.3 is 14.8 Å². The lowest BCUT2D eigenvalue weighted by molar-refractivity contribution is -0.131. The largest absolute Gasteiger partial charge is 0.361 e. The maximum absolute atomic E-state index is 12.6. The zero-order valence-corrected chi connectivity index (χ0v) is 14.3. The molecule has 0 bridgehead atoms. The topological polar surface area (TPSA) is 82.2 Å². The number of H-pyrrole nitrogens is 1. The molecule has 0 saturated carbocycles. The summed E-state index contributed by atoms with van der Waals surface area (Å²) in [4.78, 5) is 39.8. The van der Waals surface area contributed by atoms with Crippen LogP contribution in [0.4, 0.5) is 0 Å². The van der Waals surface area contributed by atoms with E-state index in [0.717, 1.165) is 16.5 Å². The van der Waals surface area contributed by atoms with Gasteiger partial charge in [0, 0.05) is 55.7 Å². The van der Waals surface area contributed by atoms with Gasteiger partial charge in [-0.05, 0) is 11.6 Å². The molecule has 0 unspecified atom stereocenters. The van der Waals surface area contributed by atoms with Crippen molar-refractivity contribution in [3.8, 4) is 0 Å². The first kappa shape index (κ1) is 16.3. The van der Waals surface area contributed by atoms with Crippen LogP contribution in [0.1, 0.15) is 16.1 Å². The molecule has 2 amide bonds. The smallest absolute Gasteiger partial charge is 0.274 e. The Morgan fingerprint density at radius 3 is 2.58 bits per heavy atom. The first-order valence-electron chi connectivity index (χ1n) is 8.60. The first-order valence-corrected chi connectivity index (χ1v) is 8.60. The lowest BCUT2D eigenvalue weighted by atomic mass is 10.1. The number of nitrogens with zero attached hydrogens (tertiary/aromatic N) is 4. The van der Waals surface area contributed by atoms with Crippen LogP contribution in [0.25, 0.3) is 10.9 Å². The Bertz CT molecular complexity index is 929. The average molecular weight is 349 g/mol. The number of piperazine rings is 1. The van der Waals surface area contributed by atoms with Crippen LogP contribution in [-0.4, -0.2) is 62.7 Å². The fourth-order valence-corrected chi connectivity index (χ4v) is 3.28. The zero-order chi connectivity index (χ0) is 17.9. The Kier molecular flexibility index (Phi) is 4.35. The Morgan fingerprint density at radius 1 is 1.04 bits per heavy atom. The normalized spacial score (nSPS) is 14.6. The summed E-state index contributed by atoms with van der Waals surface area (Å²) in [7, 11) is 0. The highest BCUT2D eigenvalue weighted by atomic mass is 16.2. The molecule has 1 N–H and O–H groups in total. The van der Waals surface area contributed by atoms with Gasteiger partial charge in [0.1, 0.15) is 5.69 Å². The van der Waals surface area contributed by atoms with Crippen molar-refractivity contribution in [2.45, 2.75) is 6.42 Å². The highest BCUT2D eigenvalue weighted by Crippen LogP contribution is 2.19. The van der Waals surface area contributed by atoms with Gasteiger partial charge in [-0.15, -0.1) is 0 Å². The molecule has 0 spiro atoms. The van der Waals surface area contributed by atoms with E-state index >= 15 is 0 Å². The van der Waals surface area contributed by atoms with E-state index in [-0.39, 0.29) is 11.8 Å². The molecule has 3 aromatic rings. The zero-order valence-electron chi connectivity index (χ0n) is 14.3. The summed E-state index contributed by atoms with van der Waals surface area (Å²) in [5.74, 6) is -0.0526. The van der Waals surface area contributed by atoms with Crippen LogP contribution in [0.15, 0.2) is 49.1 Å². The predicted octanol–water partition coefficient (Wildman–Crippen LogP) is 1.48. The van der Waals surface area contributed by atoms with Crippen LogP contribution in [0.3, 0.4) is 0 Å². The van der Waals surface area contributed by atoms with E-state index < -0.39 is 0 Å². The summed E-state index contributed by atoms with van der Waals surface area (Å²) < 4.78 is 0. The SMILES string of the molecule is O=C(Cc1c[nH]c2ccccc12)N1CCN(C(=O)c2cnccn2)CC1. The minimum absolute atomic E-state index is 0.0846. The third kappa shape index (κ3) is 3.15. The second-order valence-electron chi connectivity index (χ2n) is 6.30. The van der Waals surface area contributed by atoms with Gasteiger partial charge >= 0.3 is 0 Å². The van der Waals surface area contributed by atoms with Gasteiger partial charge in [0.15, 0.2) is 0 Å². The highest BCUT2D eigenvalue weighted by molar-refractivity contribution is 5.92. The molecule has 1 aromatic carbocycles. The van der Waals surface area contributed by atoms with E-state index in [1.807, 2.05) is 35.4 Å². The number of aromatic amines is 1. The average Bonchev–Trinajstić information content (AvgIpc) is 3.11. The lowest BCUT2D eigenvalue weighted by Gasteiger charge is -2.34. The van der Waals surface area contributed by atoms with Crippen molar-refractivity contribution in [2.24, 2.45) is 0 Å². The Morgan fingerprint density at radius 2 is 1.81 bits per heavy atom. The predicted molar refractivity (Wildman–Crippen MR) is 96.5 cm³/mol. The Balaban J connectivity index is 1.37. The van der Waals surface area contributed by atoms with E-state index in [9.17, 15) is 9.59 Å². The Hall–Kier alpha value is -3.22. The molecule has 7 heteroatoms. The molecule has 1 aliphatic rings. The van der Waals surface area contributed by atoms with Crippen LogP contribution in [0.5, 0.6) is 0 Å². The number of aromatic nitrogens is 3. The molecular formula is C19H19N5O2. The molecule has 26 heavy (non-hydrogen) atoms. The molecule has 7 nitrogen and oxygen atoms in total. The third-order valence-electron chi connectivity index (χ3n) is 4.72. The lowest BCUT2D eigenvalue weighted by Crippen LogP contribution is -2.51. The van der Waals surface area contributed by atoms with Crippen LogP contribution >= 0.6 is 0 Å². The summed E-state index contributed by atoms with van der Waals surface area (Å²) in [6.45, 7) is 2.09. The summed E-state index contributed by atoms with van der Waals surface area (Å²) in [6.07, 6.45) is 6.78. The summed E-state index contributed by atoms with van der Waals surface area (Å²) in [6, 6.07) is 7.96. The number of hydrogen-bond acceptors (Lipinski definition) is 4. The molecule has 3 heterocycles. The molecule has 1 saturated heterocycles. The molecule has 4 rings (SSSR count). The van der Waals surface area contributed by atoms with Gasteiger partial charge in [-0.2, -0.15) is 0 Å². The van der Waals surface area contributed by atoms with E-state index in [4.69, 9.17) is 0 Å². The third-order valence-corrected chi connectivity index (χ3v) is 4.72. The van der Waals surface area contributed by atoms with Gasteiger partial charge in [-0.3, -0.25) is 14.6 Å². The van der Waals surface area contributed by atoms with Crippen molar-refractivity contribution >= 4 is 22.7 Å². The fraction of sp³-hybridized carbons (Fsp3) is 0.263. The minimum atomic E-state index is -0.137. The molecular weight excluding hydrogens is 330 g/mol. The van der Waals surface area contributed by atoms with Crippen LogP contribution in [0.2, 0.25) is 0 Å². The number of fused-ring (bicyclic) bond motifs is 1. The maximum Gasteiger partial charge on any atom is 0.274 e. The minimum Gasteiger partial charge on any atom is -0.361 e. The number of rotatable bonds is 3. The monoisotopic (exact) mass is 349 g/mol. The highest BCUT2D eigenvalue weighted by Gasteiger charge is 2.25. The summed E-state index contributed by atoms with van der Waals surface area (Å²) >= 11 is 0. The van der Waals surface area contributed by atoms with Crippen LogP contribution in [0, 0.1) is 0 Å². The van der Waals surface area contributed by atoms with Crippen LogP contribution in [-0.2, 0) is 11.2 Å². The first-order chi connectivity index (χ1) is 12.7. The summed E-state index contributed by atoms with van der Waals surface area (Å²) in [5.41, 5.74) is 2.38. The number of hydrogen-bond donors (Lipinski definition) is 1. The van der Waals surface area contributed by atoms with E-state index in [0.29, 0.717) is 38.3 Å². The molecule has 0 aliphatic carbocycles. The molecule has 1 fully saturated rings. The molecule has 1 aliphatic heterocycles. The van der Waals surface area contributed by atoms with Crippen molar-refractivity contribution in [1.29, 1.82) is 0 Å². The van der Waals surface area contributed by atoms with Gasteiger partial charge in [-0.25, -0.2) is 4.98 Å². The van der Waals surface area contributed by atoms with Crippen molar-refractivity contribution < 1.29 is 9.59 Å². The second kappa shape index (κ2) is 6.95. The number of carbonyl (C=O) groups excluding carboxylic acids is 2. The second-order valence-corrected chi connectivity index (χ2v) is 6.30. The van der Waals surface area contributed by atoms with Crippen molar-refractivity contribution in [2.75, 3.05) is 26.2 Å². The van der Waals surface area contributed by atoms with Crippen molar-refractivity contribution in [3.05, 3.63) is 60.3 Å². The maximum atomic E-state index is 12.6. The summed E-state index contributed by atoms with van der Waals surface area (Å²) in [5, 5.41) is 1.08. The van der Waals surface area contributed by atoms with Gasteiger partial charge in [0.05, 0.1) is 12.6 Å². The fourth-order valence-electron chi connectivity index (χ4n) is 3.28. The van der Waals surface area contributed by atoms with Gasteiger partial charge in [0.25, 0.3) is 5.91 Å². The molecule has 0 radical (unpaired) electrons. The molecule has 132 valence electrons. The van der Waals surface area contributed by atoms with E-state index in [1.165, 1.54) is 18.6 Å². The van der Waals surface area contributed by atoms with Gasteiger partial charge in [-0.1, -0.05) is 18.2 Å². The van der Waals surface area contributed by atoms with E-state index in [1.54, 1.807) is 4.90 Å². The van der Waals surface area contributed by atoms with Gasteiger partial charge in [0.2, 0.25) is 5.91 Å². The standard InChI is InChI=1S/C19H19N5O2/c25-18(11-14-12-22-16-4-2-1-3-15(14)16)23-7-9-24(10-8-23)19(26)17-13-20-5-6-21-17/h1-6,12-13,22H,7-11H2. The number of benzene rings is 1. The van der Waals surface area contributed by atoms with E-state index in [2.05, 4.69) is 15.0 Å². The number of para-hydroxylation sites is 1. The van der Waals surface area contributed by atoms with Crippen LogP contribution < -0.4 is 0 Å². The van der Waals surface area contributed by atoms with Crippen molar-refractivity contribution in [3.63, 3.8) is 0 Å². The number of amides is 2. The van der Waals surface area contributed by atoms with Crippen molar-refractivity contribution in [1.82, 2.24) is 24.8 Å². The number of carbonyl (C=O) groups is 2. The molecule has 0 atom stereocenters. The Labute approximate surface area is 150 Å².